The lowest BCUT2D eigenvalue weighted by atomic mass is 10.2. The van der Waals surface area contributed by atoms with Gasteiger partial charge in [-0.1, -0.05) is 36.4 Å². The Bertz CT molecular complexity index is 2310. The van der Waals surface area contributed by atoms with Gasteiger partial charge in [-0.3, -0.25) is 19.9 Å². The van der Waals surface area contributed by atoms with Gasteiger partial charge in [-0.15, -0.1) is 0 Å². The van der Waals surface area contributed by atoms with Crippen molar-refractivity contribution in [1.29, 1.82) is 0 Å². The van der Waals surface area contributed by atoms with Crippen LogP contribution < -0.4 is 0 Å². The zero-order chi connectivity index (χ0) is 29.5. The third-order valence-electron chi connectivity index (χ3n) is 8.80. The Kier molecular flexibility index (Phi) is 4.87. The summed E-state index contributed by atoms with van der Waals surface area (Å²) in [7, 11) is 0. The number of fused-ring (bicyclic) bond motifs is 9. The third-order valence-corrected chi connectivity index (χ3v) is 8.80. The van der Waals surface area contributed by atoms with E-state index in [2.05, 4.69) is 105 Å². The molecular weight excluding hydrogens is 554 g/mol. The van der Waals surface area contributed by atoms with Crippen LogP contribution in [0.3, 0.4) is 0 Å². The molecule has 7 nitrogen and oxygen atoms in total. The Labute approximate surface area is 256 Å². The Morgan fingerprint density at radius 3 is 1.04 bits per heavy atom. The SMILES string of the molecule is c1ccc2c(c1)c1ncccc1n2-c1cc(-n2c3ccccc3c3ncccc32)cc(-n2c3cccnc3c3ncccc32)c1. The van der Waals surface area contributed by atoms with E-state index in [4.69, 9.17) is 19.9 Å². The molecule has 0 unspecified atom stereocenters. The molecule has 0 bridgehead atoms. The van der Waals surface area contributed by atoms with E-state index in [-0.39, 0.29) is 0 Å². The van der Waals surface area contributed by atoms with Crippen molar-refractivity contribution in [2.45, 2.75) is 0 Å². The Hall–Kier alpha value is -6.34. The zero-order valence-electron chi connectivity index (χ0n) is 23.9. The number of nitrogens with zero attached hydrogens (tertiary/aromatic N) is 7. The van der Waals surface area contributed by atoms with E-state index in [0.717, 1.165) is 83.0 Å². The monoisotopic (exact) mass is 577 g/mol. The molecule has 0 N–H and O–H groups in total. The van der Waals surface area contributed by atoms with Gasteiger partial charge >= 0.3 is 0 Å². The number of hydrogen-bond donors (Lipinski definition) is 0. The van der Waals surface area contributed by atoms with Crippen LogP contribution in [0.5, 0.6) is 0 Å². The lowest BCUT2D eigenvalue weighted by Crippen LogP contribution is -2.03. The van der Waals surface area contributed by atoms with Crippen LogP contribution in [-0.2, 0) is 0 Å². The fourth-order valence-corrected chi connectivity index (χ4v) is 7.02. The maximum absolute atomic E-state index is 4.81. The van der Waals surface area contributed by atoms with Gasteiger partial charge in [0.25, 0.3) is 0 Å². The second kappa shape index (κ2) is 9.08. The molecule has 0 saturated heterocycles. The third kappa shape index (κ3) is 3.34. The van der Waals surface area contributed by atoms with Crippen LogP contribution in [0, 0.1) is 0 Å². The van der Waals surface area contributed by atoms with Gasteiger partial charge in [0.1, 0.15) is 11.0 Å². The van der Waals surface area contributed by atoms with E-state index in [1.54, 1.807) is 0 Å². The minimum Gasteiger partial charge on any atom is -0.307 e. The van der Waals surface area contributed by atoms with Gasteiger partial charge in [-0.2, -0.15) is 0 Å². The summed E-state index contributed by atoms with van der Waals surface area (Å²) in [5, 5.41) is 2.23. The highest BCUT2D eigenvalue weighted by Gasteiger charge is 2.20. The van der Waals surface area contributed by atoms with E-state index >= 15 is 0 Å². The van der Waals surface area contributed by atoms with Gasteiger partial charge in [0, 0.05) is 35.6 Å². The zero-order valence-corrected chi connectivity index (χ0v) is 23.9. The van der Waals surface area contributed by atoms with Crippen LogP contribution in [0.15, 0.2) is 140 Å². The molecule has 0 saturated carbocycles. The molecule has 0 radical (unpaired) electrons. The predicted octanol–water partition coefficient (Wildman–Crippen LogP) is 8.56. The van der Waals surface area contributed by atoms with Crippen molar-refractivity contribution in [3.05, 3.63) is 140 Å². The van der Waals surface area contributed by atoms with Crippen LogP contribution in [0.4, 0.5) is 0 Å². The molecule has 45 heavy (non-hydrogen) atoms. The normalized spacial score (nSPS) is 12.0. The maximum atomic E-state index is 4.81. The summed E-state index contributed by atoms with van der Waals surface area (Å²) in [4.78, 5) is 19.1. The van der Waals surface area contributed by atoms with Crippen molar-refractivity contribution in [2.75, 3.05) is 0 Å². The number of para-hydroxylation sites is 2. The molecule has 0 aliphatic heterocycles. The molecule has 7 heteroatoms. The van der Waals surface area contributed by atoms with Gasteiger partial charge in [0.15, 0.2) is 0 Å². The van der Waals surface area contributed by atoms with Gasteiger partial charge in [-0.25, -0.2) is 0 Å². The molecule has 0 fully saturated rings. The summed E-state index contributed by atoms with van der Waals surface area (Å²) >= 11 is 0. The summed E-state index contributed by atoms with van der Waals surface area (Å²) in [5.41, 5.74) is 13.1. The van der Waals surface area contributed by atoms with E-state index in [1.165, 1.54) is 0 Å². The number of aromatic nitrogens is 7. The molecule has 0 spiro atoms. The quantitative estimate of drug-likeness (QED) is 0.211. The first-order valence-electron chi connectivity index (χ1n) is 14.9. The fourth-order valence-electron chi connectivity index (χ4n) is 7.02. The maximum Gasteiger partial charge on any atom is 0.115 e. The first-order valence-corrected chi connectivity index (χ1v) is 14.9. The Balaban J connectivity index is 1.38. The first kappa shape index (κ1) is 24.1. The Morgan fingerprint density at radius 2 is 0.622 bits per heavy atom. The molecule has 0 aliphatic carbocycles. The smallest absolute Gasteiger partial charge is 0.115 e. The summed E-state index contributed by atoms with van der Waals surface area (Å²) in [6, 6.07) is 40.3. The molecule has 0 atom stereocenters. The van der Waals surface area contributed by atoms with E-state index < -0.39 is 0 Å². The van der Waals surface area contributed by atoms with Crippen LogP contribution >= 0.6 is 0 Å². The number of benzene rings is 3. The summed E-state index contributed by atoms with van der Waals surface area (Å²) in [6.07, 6.45) is 7.39. The van der Waals surface area contributed by atoms with Crippen LogP contribution in [0.1, 0.15) is 0 Å². The Morgan fingerprint density at radius 1 is 0.311 bits per heavy atom. The first-order chi connectivity index (χ1) is 22.3. The summed E-state index contributed by atoms with van der Waals surface area (Å²) in [6.45, 7) is 0. The molecule has 0 amide bonds. The predicted molar refractivity (Wildman–Crippen MR) is 181 cm³/mol. The van der Waals surface area contributed by atoms with Gasteiger partial charge in [0.2, 0.25) is 0 Å². The molecule has 3 aromatic carbocycles. The highest BCUT2D eigenvalue weighted by Crippen LogP contribution is 2.37. The van der Waals surface area contributed by atoms with Crippen LogP contribution in [-0.4, -0.2) is 33.6 Å². The lowest BCUT2D eigenvalue weighted by molar-refractivity contribution is 1.09. The molecule has 10 aromatic rings. The molecular formula is C38H23N7. The van der Waals surface area contributed by atoms with Crippen molar-refractivity contribution < 1.29 is 0 Å². The summed E-state index contributed by atoms with van der Waals surface area (Å²) < 4.78 is 6.91. The number of hydrogen-bond acceptors (Lipinski definition) is 4. The average molecular weight is 578 g/mol. The van der Waals surface area contributed by atoms with Crippen molar-refractivity contribution in [2.24, 2.45) is 0 Å². The number of rotatable bonds is 3. The van der Waals surface area contributed by atoms with Crippen LogP contribution in [0.25, 0.3) is 83.0 Å². The van der Waals surface area contributed by atoms with E-state index in [1.807, 2.05) is 49.1 Å². The van der Waals surface area contributed by atoms with Gasteiger partial charge in [-0.05, 0) is 78.9 Å². The second-order valence-corrected chi connectivity index (χ2v) is 11.2. The molecule has 10 rings (SSSR count). The minimum absolute atomic E-state index is 0.877. The highest BCUT2D eigenvalue weighted by atomic mass is 15.1. The second-order valence-electron chi connectivity index (χ2n) is 11.2. The highest BCUT2D eigenvalue weighted by molar-refractivity contribution is 6.09. The van der Waals surface area contributed by atoms with Crippen molar-refractivity contribution in [3.63, 3.8) is 0 Å². The minimum atomic E-state index is 0.877. The van der Waals surface area contributed by atoms with E-state index in [0.29, 0.717) is 0 Å². The topological polar surface area (TPSA) is 66.3 Å². The van der Waals surface area contributed by atoms with Crippen molar-refractivity contribution >= 4 is 65.9 Å². The average Bonchev–Trinajstić information content (AvgIpc) is 3.74. The largest absolute Gasteiger partial charge is 0.307 e. The molecule has 7 aromatic heterocycles. The molecule has 0 aliphatic rings. The van der Waals surface area contributed by atoms with Crippen LogP contribution in [0.2, 0.25) is 0 Å². The van der Waals surface area contributed by atoms with Gasteiger partial charge in [0.05, 0.1) is 61.2 Å². The molecule has 7 heterocycles. The number of pyridine rings is 4. The van der Waals surface area contributed by atoms with Crippen molar-refractivity contribution in [3.8, 4) is 17.1 Å². The van der Waals surface area contributed by atoms with Gasteiger partial charge < -0.3 is 13.7 Å². The standard InChI is InChI=1S/C38H23N7/c1-3-11-29-27(9-1)35-31(13-5-17-39-35)43(29)24-21-25(44-30-12-4-2-10-28(30)36-32(44)14-6-18-40-36)23-26(22-24)45-33-15-7-19-41-37(33)38-34(45)16-8-20-42-38/h1-23H. The van der Waals surface area contributed by atoms with Crippen molar-refractivity contribution in [1.82, 2.24) is 33.6 Å². The summed E-state index contributed by atoms with van der Waals surface area (Å²) in [5.74, 6) is 0. The van der Waals surface area contributed by atoms with E-state index in [9.17, 15) is 0 Å². The lowest BCUT2D eigenvalue weighted by Gasteiger charge is -2.17. The fraction of sp³-hybridized carbons (Fsp3) is 0. The molecule has 210 valence electrons.